The molecule has 0 saturated carbocycles. The van der Waals surface area contributed by atoms with Crippen LogP contribution in [-0.2, 0) is 17.2 Å². The highest BCUT2D eigenvalue weighted by molar-refractivity contribution is 9.10. The molecule has 0 saturated heterocycles. The van der Waals surface area contributed by atoms with Crippen LogP contribution < -0.4 is 15.4 Å². The lowest BCUT2D eigenvalue weighted by atomic mass is 9.95. The third-order valence-electron chi connectivity index (χ3n) is 7.30. The molecule has 1 aliphatic rings. The van der Waals surface area contributed by atoms with Gasteiger partial charge in [0.05, 0.1) is 5.57 Å². The van der Waals surface area contributed by atoms with Gasteiger partial charge in [-0.2, -0.15) is 4.98 Å². The number of hydrogen-bond donors (Lipinski definition) is 2. The molecule has 2 N–H and O–H groups in total. The summed E-state index contributed by atoms with van der Waals surface area (Å²) in [6.07, 6.45) is 0. The Morgan fingerprint density at radius 1 is 1.00 bits per heavy atom. The van der Waals surface area contributed by atoms with Gasteiger partial charge in [-0.3, -0.25) is 4.79 Å². The number of benzene rings is 4. The molecule has 0 aliphatic carbocycles. The minimum absolute atomic E-state index is 0.244. The number of fused-ring (bicyclic) bond motifs is 1. The van der Waals surface area contributed by atoms with Gasteiger partial charge in [-0.15, -0.1) is 5.10 Å². The first kappa shape index (κ1) is 29.7. The number of thioether (sulfide) groups is 1. The number of allylic oxidation sites excluding steroid dienone is 1. The van der Waals surface area contributed by atoms with Crippen molar-refractivity contribution >= 4 is 45.2 Å². The molecule has 0 radical (unpaired) electrons. The molecule has 1 amide bonds. The number of carbonyl (C=O) groups is 1. The fourth-order valence-electron chi connectivity index (χ4n) is 4.95. The Hall–Kier alpha value is -4.41. The molecule has 1 unspecified atom stereocenters. The van der Waals surface area contributed by atoms with E-state index in [4.69, 9.17) is 9.84 Å². The Bertz CT molecular complexity index is 1840. The summed E-state index contributed by atoms with van der Waals surface area (Å²) >= 11 is 4.79. The zero-order chi connectivity index (χ0) is 30.6. The molecule has 6 rings (SSSR count). The zero-order valence-electron chi connectivity index (χ0n) is 24.1. The largest absolute Gasteiger partial charge is 0.489 e. The number of amides is 1. The average molecular weight is 671 g/mol. The van der Waals surface area contributed by atoms with Crippen molar-refractivity contribution in [2.75, 3.05) is 10.6 Å². The van der Waals surface area contributed by atoms with Gasteiger partial charge in [-0.1, -0.05) is 88.4 Å². The molecule has 0 spiro atoms. The van der Waals surface area contributed by atoms with Crippen molar-refractivity contribution in [1.29, 1.82) is 0 Å². The van der Waals surface area contributed by atoms with E-state index in [0.717, 1.165) is 26.9 Å². The second-order valence-corrected chi connectivity index (χ2v) is 12.2. The standard InChI is InChI=1S/C34H29BrFN5O2S/c1-21-7-3-6-10-29(21)38-32(42)30-22(2)37-33-39-34(44-20-25-8-4-5-9-28(25)36)40-41(33)31(30)24-13-17-27(18-14-24)43-19-23-11-15-26(35)16-12-23/h3-18,31H,19-20H2,1-2H3,(H,38,42)(H,37,39,40). The summed E-state index contributed by atoms with van der Waals surface area (Å²) in [5, 5.41) is 11.6. The molecule has 0 fully saturated rings. The molecule has 5 aromatic rings. The molecule has 1 atom stereocenters. The van der Waals surface area contributed by atoms with Crippen molar-refractivity contribution in [2.45, 2.75) is 37.4 Å². The van der Waals surface area contributed by atoms with Crippen LogP contribution in [-0.4, -0.2) is 20.7 Å². The molecule has 0 bridgehead atoms. The first-order valence-electron chi connectivity index (χ1n) is 14.0. The van der Waals surface area contributed by atoms with Crippen molar-refractivity contribution < 1.29 is 13.9 Å². The first-order valence-corrected chi connectivity index (χ1v) is 15.8. The molecule has 2 heterocycles. The molecule has 44 heavy (non-hydrogen) atoms. The van der Waals surface area contributed by atoms with Gasteiger partial charge in [0.25, 0.3) is 5.91 Å². The highest BCUT2D eigenvalue weighted by Gasteiger charge is 2.34. The minimum Gasteiger partial charge on any atom is -0.489 e. The first-order chi connectivity index (χ1) is 21.4. The van der Waals surface area contributed by atoms with Gasteiger partial charge in [0.1, 0.15) is 24.2 Å². The van der Waals surface area contributed by atoms with E-state index in [1.807, 2.05) is 86.6 Å². The van der Waals surface area contributed by atoms with Crippen molar-refractivity contribution in [3.05, 3.63) is 141 Å². The van der Waals surface area contributed by atoms with E-state index < -0.39 is 6.04 Å². The number of carbonyl (C=O) groups excluding carboxylic acids is 1. The van der Waals surface area contributed by atoms with Crippen molar-refractivity contribution in [1.82, 2.24) is 14.8 Å². The lowest BCUT2D eigenvalue weighted by Gasteiger charge is -2.29. The minimum atomic E-state index is -0.564. The second-order valence-electron chi connectivity index (χ2n) is 10.4. The number of nitrogens with zero attached hydrogens (tertiary/aromatic N) is 3. The Morgan fingerprint density at radius 2 is 1.73 bits per heavy atom. The number of hydrogen-bond acceptors (Lipinski definition) is 6. The van der Waals surface area contributed by atoms with Crippen LogP contribution in [0.4, 0.5) is 16.0 Å². The smallest absolute Gasteiger partial charge is 0.255 e. The maximum absolute atomic E-state index is 14.3. The summed E-state index contributed by atoms with van der Waals surface area (Å²) in [4.78, 5) is 18.6. The Labute approximate surface area is 267 Å². The van der Waals surface area contributed by atoms with E-state index in [0.29, 0.717) is 46.0 Å². The number of rotatable bonds is 9. The van der Waals surface area contributed by atoms with E-state index in [2.05, 4.69) is 31.5 Å². The summed E-state index contributed by atoms with van der Waals surface area (Å²) < 4.78 is 23.0. The number of ether oxygens (including phenoxy) is 1. The van der Waals surface area contributed by atoms with Crippen LogP contribution in [0.15, 0.2) is 118 Å². The SMILES string of the molecule is CC1=C(C(=O)Nc2ccccc2C)C(c2ccc(OCc3ccc(Br)cc3)cc2)n2nc(SCc3ccccc3F)nc2N1. The van der Waals surface area contributed by atoms with Crippen molar-refractivity contribution in [3.8, 4) is 5.75 Å². The molecule has 7 nitrogen and oxygen atoms in total. The zero-order valence-corrected chi connectivity index (χ0v) is 26.5. The maximum Gasteiger partial charge on any atom is 0.255 e. The van der Waals surface area contributed by atoms with Crippen LogP contribution in [0.5, 0.6) is 5.75 Å². The Morgan fingerprint density at radius 3 is 2.48 bits per heavy atom. The lowest BCUT2D eigenvalue weighted by Crippen LogP contribution is -2.31. The fraction of sp³-hybridized carbons (Fsp3) is 0.147. The van der Waals surface area contributed by atoms with Crippen LogP contribution in [0, 0.1) is 12.7 Å². The number of aryl methyl sites for hydroxylation is 1. The summed E-state index contributed by atoms with van der Waals surface area (Å²) in [7, 11) is 0. The second kappa shape index (κ2) is 13.1. The summed E-state index contributed by atoms with van der Waals surface area (Å²) in [5.41, 5.74) is 5.34. The fourth-order valence-corrected chi connectivity index (χ4v) is 6.03. The predicted octanol–water partition coefficient (Wildman–Crippen LogP) is 8.29. The van der Waals surface area contributed by atoms with E-state index in [1.54, 1.807) is 22.9 Å². The van der Waals surface area contributed by atoms with E-state index in [1.165, 1.54) is 17.8 Å². The average Bonchev–Trinajstić information content (AvgIpc) is 3.43. The molecular formula is C34H29BrFN5O2S. The van der Waals surface area contributed by atoms with Crippen LogP contribution in [0.2, 0.25) is 0 Å². The summed E-state index contributed by atoms with van der Waals surface area (Å²) in [6.45, 7) is 4.24. The van der Waals surface area contributed by atoms with Gasteiger partial charge in [0, 0.05) is 21.6 Å². The van der Waals surface area contributed by atoms with Gasteiger partial charge in [0.15, 0.2) is 0 Å². The third kappa shape index (κ3) is 6.56. The molecule has 10 heteroatoms. The number of halogens is 2. The molecule has 1 aromatic heterocycles. The van der Waals surface area contributed by atoms with Gasteiger partial charge >= 0.3 is 0 Å². The lowest BCUT2D eigenvalue weighted by molar-refractivity contribution is -0.113. The van der Waals surface area contributed by atoms with Crippen molar-refractivity contribution in [3.63, 3.8) is 0 Å². The van der Waals surface area contributed by atoms with E-state index >= 15 is 0 Å². The number of para-hydroxylation sites is 1. The summed E-state index contributed by atoms with van der Waals surface area (Å²) in [6, 6.07) is 29.4. The van der Waals surface area contributed by atoms with Gasteiger partial charge in [-0.05, 0) is 72.5 Å². The topological polar surface area (TPSA) is 81.1 Å². The van der Waals surface area contributed by atoms with E-state index in [9.17, 15) is 9.18 Å². The van der Waals surface area contributed by atoms with Crippen LogP contribution in [0.1, 0.15) is 35.2 Å². The molecule has 222 valence electrons. The molecule has 1 aliphatic heterocycles. The van der Waals surface area contributed by atoms with Crippen LogP contribution >= 0.6 is 27.7 Å². The molecular weight excluding hydrogens is 641 g/mol. The monoisotopic (exact) mass is 669 g/mol. The van der Waals surface area contributed by atoms with Gasteiger partial charge in [0.2, 0.25) is 11.1 Å². The maximum atomic E-state index is 14.3. The third-order valence-corrected chi connectivity index (χ3v) is 8.72. The normalized spacial score (nSPS) is 14.1. The quantitative estimate of drug-likeness (QED) is 0.154. The van der Waals surface area contributed by atoms with Crippen LogP contribution in [0.3, 0.4) is 0 Å². The Kier molecular flexibility index (Phi) is 8.81. The predicted molar refractivity (Wildman–Crippen MR) is 175 cm³/mol. The number of aromatic nitrogens is 3. The van der Waals surface area contributed by atoms with Crippen molar-refractivity contribution in [2.24, 2.45) is 0 Å². The number of anilines is 2. The molecule has 4 aromatic carbocycles. The Balaban J connectivity index is 1.30. The highest BCUT2D eigenvalue weighted by atomic mass is 79.9. The van der Waals surface area contributed by atoms with Gasteiger partial charge in [-0.25, -0.2) is 9.07 Å². The van der Waals surface area contributed by atoms with Gasteiger partial charge < -0.3 is 15.4 Å². The van der Waals surface area contributed by atoms with Crippen LogP contribution in [0.25, 0.3) is 0 Å². The summed E-state index contributed by atoms with van der Waals surface area (Å²) in [5.74, 6) is 1.07. The van der Waals surface area contributed by atoms with E-state index in [-0.39, 0.29) is 11.7 Å². The number of nitrogens with one attached hydrogen (secondary N) is 2. The highest BCUT2D eigenvalue weighted by Crippen LogP contribution is 2.38.